The standard InChI is InChI=1S/C30H34N4O6/c1-17(2)13-24(28(37)33-23(27(31)36)15-18-8-11-22(35)12-9-18)34-30(39)26-25(40-26)29(38)32-16-19-7-10-20-5-3-4-6-21(20)14-19/h3-12,14,17,23-26,35H,13,15-16H2,1-2H3,(H2,31,36)(H,32,38)(H,33,37)(H,34,39)/t23-,24-,25?,26+/m0/s1. The molecule has 0 bridgehead atoms. The van der Waals surface area contributed by atoms with Crippen LogP contribution in [0.15, 0.2) is 66.7 Å². The van der Waals surface area contributed by atoms with Gasteiger partial charge in [-0.1, -0.05) is 62.4 Å². The number of ether oxygens (including phenoxy) is 1. The zero-order valence-electron chi connectivity index (χ0n) is 22.4. The van der Waals surface area contributed by atoms with Gasteiger partial charge < -0.3 is 31.5 Å². The number of primary amides is 1. The monoisotopic (exact) mass is 546 g/mol. The third kappa shape index (κ3) is 7.57. The lowest BCUT2D eigenvalue weighted by Crippen LogP contribution is -2.54. The Balaban J connectivity index is 1.31. The molecule has 0 spiro atoms. The van der Waals surface area contributed by atoms with Crippen molar-refractivity contribution in [2.24, 2.45) is 11.7 Å². The van der Waals surface area contributed by atoms with Crippen molar-refractivity contribution in [2.45, 2.75) is 57.5 Å². The number of phenolic OH excluding ortho intramolecular Hbond substituents is 1. The second-order valence-electron chi connectivity index (χ2n) is 10.4. The van der Waals surface area contributed by atoms with E-state index < -0.39 is 47.9 Å². The fraction of sp³-hybridized carbons (Fsp3) is 0.333. The smallest absolute Gasteiger partial charge is 0.253 e. The Morgan fingerprint density at radius 1 is 0.850 bits per heavy atom. The number of carbonyl (C=O) groups excluding carboxylic acids is 4. The number of carbonyl (C=O) groups is 4. The van der Waals surface area contributed by atoms with Gasteiger partial charge in [-0.05, 0) is 52.4 Å². The lowest BCUT2D eigenvalue weighted by Gasteiger charge is -2.23. The van der Waals surface area contributed by atoms with Crippen LogP contribution in [0.3, 0.4) is 0 Å². The first-order valence-electron chi connectivity index (χ1n) is 13.2. The van der Waals surface area contributed by atoms with E-state index in [2.05, 4.69) is 16.0 Å². The number of benzene rings is 3. The summed E-state index contributed by atoms with van der Waals surface area (Å²) in [6.45, 7) is 4.07. The molecule has 4 rings (SSSR count). The van der Waals surface area contributed by atoms with Gasteiger partial charge in [0.1, 0.15) is 17.8 Å². The molecule has 0 radical (unpaired) electrons. The molecule has 6 N–H and O–H groups in total. The second kappa shape index (κ2) is 12.6. The lowest BCUT2D eigenvalue weighted by molar-refractivity contribution is -0.132. The molecule has 1 unspecified atom stereocenters. The lowest BCUT2D eigenvalue weighted by atomic mass is 10.0. The van der Waals surface area contributed by atoms with Crippen LogP contribution >= 0.6 is 0 Å². The predicted octanol–water partition coefficient (Wildman–Crippen LogP) is 1.67. The molecule has 4 atom stereocenters. The Labute approximate surface area is 232 Å². The fourth-order valence-electron chi connectivity index (χ4n) is 4.47. The maximum atomic E-state index is 13.1. The molecule has 1 saturated heterocycles. The molecule has 1 fully saturated rings. The van der Waals surface area contributed by atoms with Gasteiger partial charge in [-0.25, -0.2) is 0 Å². The summed E-state index contributed by atoms with van der Waals surface area (Å²) in [7, 11) is 0. The Bertz CT molecular complexity index is 1390. The Kier molecular flexibility index (Phi) is 9.00. The molecule has 1 aliphatic rings. The number of hydrogen-bond donors (Lipinski definition) is 5. The zero-order valence-corrected chi connectivity index (χ0v) is 22.4. The molecule has 0 aliphatic carbocycles. The van der Waals surface area contributed by atoms with Crippen molar-refractivity contribution in [3.63, 3.8) is 0 Å². The molecular formula is C30H34N4O6. The third-order valence-corrected chi connectivity index (χ3v) is 6.67. The molecule has 1 aliphatic heterocycles. The van der Waals surface area contributed by atoms with Gasteiger partial charge in [-0.3, -0.25) is 19.2 Å². The van der Waals surface area contributed by atoms with Crippen LogP contribution in [-0.4, -0.2) is 53.0 Å². The Morgan fingerprint density at radius 2 is 1.50 bits per heavy atom. The van der Waals surface area contributed by atoms with Crippen LogP contribution in [0.2, 0.25) is 0 Å². The van der Waals surface area contributed by atoms with Crippen molar-refractivity contribution in [3.05, 3.63) is 77.9 Å². The van der Waals surface area contributed by atoms with E-state index in [1.807, 2.05) is 56.3 Å². The average Bonchev–Trinajstić information content (AvgIpc) is 3.73. The minimum absolute atomic E-state index is 0.0429. The van der Waals surface area contributed by atoms with E-state index in [1.54, 1.807) is 12.1 Å². The van der Waals surface area contributed by atoms with Crippen LogP contribution in [0.4, 0.5) is 0 Å². The van der Waals surface area contributed by atoms with Gasteiger partial charge in [0.15, 0.2) is 12.2 Å². The van der Waals surface area contributed by atoms with Crippen molar-refractivity contribution < 1.29 is 29.0 Å². The van der Waals surface area contributed by atoms with Crippen LogP contribution in [-0.2, 0) is 36.9 Å². The molecule has 40 heavy (non-hydrogen) atoms. The fourth-order valence-corrected chi connectivity index (χ4v) is 4.47. The highest BCUT2D eigenvalue weighted by Gasteiger charge is 2.51. The van der Waals surface area contributed by atoms with Crippen molar-refractivity contribution in [1.29, 1.82) is 0 Å². The van der Waals surface area contributed by atoms with E-state index in [-0.39, 0.29) is 24.6 Å². The summed E-state index contributed by atoms with van der Waals surface area (Å²) in [5.41, 5.74) is 7.12. The van der Waals surface area contributed by atoms with Crippen molar-refractivity contribution in [3.8, 4) is 5.75 Å². The second-order valence-corrected chi connectivity index (χ2v) is 10.4. The first-order valence-corrected chi connectivity index (χ1v) is 13.2. The zero-order chi connectivity index (χ0) is 28.8. The number of fused-ring (bicyclic) bond motifs is 1. The molecule has 10 heteroatoms. The highest BCUT2D eigenvalue weighted by Crippen LogP contribution is 2.23. The third-order valence-electron chi connectivity index (χ3n) is 6.67. The summed E-state index contributed by atoms with van der Waals surface area (Å²) < 4.78 is 5.34. The van der Waals surface area contributed by atoms with Gasteiger partial charge >= 0.3 is 0 Å². The van der Waals surface area contributed by atoms with E-state index in [0.717, 1.165) is 16.3 Å². The summed E-state index contributed by atoms with van der Waals surface area (Å²) in [4.78, 5) is 50.6. The van der Waals surface area contributed by atoms with Gasteiger partial charge in [0.25, 0.3) is 11.8 Å². The maximum Gasteiger partial charge on any atom is 0.253 e. The Morgan fingerprint density at radius 3 is 2.17 bits per heavy atom. The van der Waals surface area contributed by atoms with E-state index in [9.17, 15) is 24.3 Å². The Hall–Kier alpha value is -4.44. The van der Waals surface area contributed by atoms with Crippen LogP contribution in [0.5, 0.6) is 5.75 Å². The molecule has 0 saturated carbocycles. The molecule has 0 aromatic heterocycles. The van der Waals surface area contributed by atoms with Crippen LogP contribution in [0.1, 0.15) is 31.4 Å². The normalized spacial score (nSPS) is 17.6. The van der Waals surface area contributed by atoms with Gasteiger partial charge in [0.2, 0.25) is 11.8 Å². The number of amides is 4. The van der Waals surface area contributed by atoms with Crippen LogP contribution < -0.4 is 21.7 Å². The van der Waals surface area contributed by atoms with Gasteiger partial charge in [-0.15, -0.1) is 0 Å². The SMILES string of the molecule is CC(C)C[C@H](NC(=O)[C@@H]1OC1C(=O)NCc1ccc2ccccc2c1)C(=O)N[C@@H](Cc1ccc(O)cc1)C(N)=O. The molecule has 10 nitrogen and oxygen atoms in total. The predicted molar refractivity (Wildman–Crippen MR) is 149 cm³/mol. The number of nitrogens with one attached hydrogen (secondary N) is 3. The van der Waals surface area contributed by atoms with E-state index >= 15 is 0 Å². The van der Waals surface area contributed by atoms with E-state index in [1.165, 1.54) is 12.1 Å². The summed E-state index contributed by atoms with van der Waals surface area (Å²) >= 11 is 0. The van der Waals surface area contributed by atoms with Crippen molar-refractivity contribution in [2.75, 3.05) is 0 Å². The topological polar surface area (TPSA) is 163 Å². The summed E-state index contributed by atoms with van der Waals surface area (Å²) in [5, 5.41) is 19.7. The maximum absolute atomic E-state index is 13.1. The number of rotatable bonds is 12. The molecule has 4 amide bonds. The molecule has 210 valence electrons. The van der Waals surface area contributed by atoms with E-state index in [4.69, 9.17) is 10.5 Å². The number of epoxide rings is 1. The summed E-state index contributed by atoms with van der Waals surface area (Å²) in [6, 6.07) is 18.0. The minimum atomic E-state index is -1.02. The first kappa shape index (κ1) is 28.6. The van der Waals surface area contributed by atoms with Gasteiger partial charge in [0.05, 0.1) is 0 Å². The number of phenols is 1. The average molecular weight is 547 g/mol. The molecular weight excluding hydrogens is 512 g/mol. The highest BCUT2D eigenvalue weighted by atomic mass is 16.6. The minimum Gasteiger partial charge on any atom is -0.508 e. The molecule has 1 heterocycles. The largest absolute Gasteiger partial charge is 0.508 e. The number of aromatic hydroxyl groups is 1. The summed E-state index contributed by atoms with van der Waals surface area (Å²) in [6.07, 6.45) is -1.54. The van der Waals surface area contributed by atoms with Gasteiger partial charge in [0, 0.05) is 13.0 Å². The molecule has 3 aromatic carbocycles. The quantitative estimate of drug-likeness (QED) is 0.217. The van der Waals surface area contributed by atoms with Crippen molar-refractivity contribution >= 4 is 34.4 Å². The highest BCUT2D eigenvalue weighted by molar-refractivity contribution is 5.97. The summed E-state index contributed by atoms with van der Waals surface area (Å²) in [5.74, 6) is -2.18. The number of nitrogens with two attached hydrogens (primary N) is 1. The first-order chi connectivity index (χ1) is 19.1. The van der Waals surface area contributed by atoms with Crippen molar-refractivity contribution in [1.82, 2.24) is 16.0 Å². The van der Waals surface area contributed by atoms with Crippen LogP contribution in [0, 0.1) is 5.92 Å². The van der Waals surface area contributed by atoms with Gasteiger partial charge in [-0.2, -0.15) is 0 Å². The number of hydrogen-bond acceptors (Lipinski definition) is 6. The van der Waals surface area contributed by atoms with E-state index in [0.29, 0.717) is 12.0 Å². The molecule has 3 aromatic rings. The van der Waals surface area contributed by atoms with Crippen LogP contribution in [0.25, 0.3) is 10.8 Å².